The van der Waals surface area contributed by atoms with E-state index < -0.39 is 12.0 Å². The summed E-state index contributed by atoms with van der Waals surface area (Å²) in [6.07, 6.45) is 2.41. The molecule has 0 saturated heterocycles. The molecule has 2 heterocycles. The van der Waals surface area contributed by atoms with Crippen molar-refractivity contribution in [2.75, 3.05) is 6.54 Å². The molecule has 0 spiro atoms. The van der Waals surface area contributed by atoms with Gasteiger partial charge in [-0.05, 0) is 17.7 Å². The zero-order chi connectivity index (χ0) is 12.3. The number of aliphatic hydroxyl groups is 1. The molecular weight excluding hydrogens is 220 g/mol. The smallest absolute Gasteiger partial charge is 0.247 e. The summed E-state index contributed by atoms with van der Waals surface area (Å²) in [6.45, 7) is 0.679. The molecule has 0 radical (unpaired) electrons. The molecule has 1 unspecified atom stereocenters. The second-order valence-corrected chi connectivity index (χ2v) is 3.76. The SMILES string of the molecule is NC(=O)C(O)CNCc1c[nH]c2ncccc12. The second kappa shape index (κ2) is 4.94. The molecule has 0 fully saturated rings. The highest BCUT2D eigenvalue weighted by atomic mass is 16.3. The van der Waals surface area contributed by atoms with E-state index in [1.54, 1.807) is 6.20 Å². The van der Waals surface area contributed by atoms with Gasteiger partial charge in [0, 0.05) is 30.9 Å². The third-order valence-electron chi connectivity index (χ3n) is 2.52. The second-order valence-electron chi connectivity index (χ2n) is 3.76. The van der Waals surface area contributed by atoms with Crippen molar-refractivity contribution in [3.8, 4) is 0 Å². The average Bonchev–Trinajstić information content (AvgIpc) is 2.72. The predicted octanol–water partition coefficient (Wildman–Crippen LogP) is -0.501. The van der Waals surface area contributed by atoms with Crippen molar-refractivity contribution in [3.05, 3.63) is 30.1 Å². The Morgan fingerprint density at radius 2 is 2.47 bits per heavy atom. The fraction of sp³-hybridized carbons (Fsp3) is 0.273. The van der Waals surface area contributed by atoms with Crippen molar-refractivity contribution in [3.63, 3.8) is 0 Å². The van der Waals surface area contributed by atoms with Gasteiger partial charge in [-0.1, -0.05) is 0 Å². The maximum absolute atomic E-state index is 10.6. The van der Waals surface area contributed by atoms with Gasteiger partial charge in [0.25, 0.3) is 0 Å². The lowest BCUT2D eigenvalue weighted by Crippen LogP contribution is -2.37. The van der Waals surface area contributed by atoms with E-state index in [1.165, 1.54) is 0 Å². The third-order valence-corrected chi connectivity index (χ3v) is 2.52. The first kappa shape index (κ1) is 11.6. The number of hydrogen-bond donors (Lipinski definition) is 4. The molecule has 17 heavy (non-hydrogen) atoms. The molecule has 2 aromatic heterocycles. The van der Waals surface area contributed by atoms with Crippen LogP contribution < -0.4 is 11.1 Å². The Morgan fingerprint density at radius 1 is 1.65 bits per heavy atom. The number of rotatable bonds is 5. The standard InChI is InChI=1S/C11H14N4O2/c12-10(17)9(16)6-13-4-7-5-15-11-8(7)2-1-3-14-11/h1-3,5,9,13,16H,4,6H2,(H2,12,17)(H,14,15). The molecule has 6 heteroatoms. The molecule has 6 nitrogen and oxygen atoms in total. The van der Waals surface area contributed by atoms with E-state index in [0.29, 0.717) is 6.54 Å². The quantitative estimate of drug-likeness (QED) is 0.559. The fourth-order valence-corrected chi connectivity index (χ4v) is 1.60. The average molecular weight is 234 g/mol. The number of amides is 1. The topological polar surface area (TPSA) is 104 Å². The van der Waals surface area contributed by atoms with Crippen LogP contribution in [0.1, 0.15) is 5.56 Å². The van der Waals surface area contributed by atoms with Crippen LogP contribution in [-0.4, -0.2) is 33.6 Å². The first-order valence-electron chi connectivity index (χ1n) is 5.27. The molecule has 0 aliphatic heterocycles. The maximum Gasteiger partial charge on any atom is 0.247 e. The number of carbonyl (C=O) groups excluding carboxylic acids is 1. The summed E-state index contributed by atoms with van der Waals surface area (Å²) >= 11 is 0. The van der Waals surface area contributed by atoms with Crippen LogP contribution in [0.15, 0.2) is 24.5 Å². The van der Waals surface area contributed by atoms with E-state index in [4.69, 9.17) is 5.73 Å². The number of primary amides is 1. The van der Waals surface area contributed by atoms with Crippen molar-refractivity contribution in [2.45, 2.75) is 12.6 Å². The molecule has 0 saturated carbocycles. The summed E-state index contributed by atoms with van der Waals surface area (Å²) in [7, 11) is 0. The highest BCUT2D eigenvalue weighted by Gasteiger charge is 2.10. The number of aliphatic hydroxyl groups excluding tert-OH is 1. The van der Waals surface area contributed by atoms with Crippen LogP contribution in [0.25, 0.3) is 11.0 Å². The van der Waals surface area contributed by atoms with E-state index in [9.17, 15) is 9.90 Å². The molecule has 5 N–H and O–H groups in total. The van der Waals surface area contributed by atoms with Crippen LogP contribution in [0.5, 0.6) is 0 Å². The zero-order valence-electron chi connectivity index (χ0n) is 9.18. The van der Waals surface area contributed by atoms with E-state index >= 15 is 0 Å². The Bertz CT molecular complexity index is 523. The van der Waals surface area contributed by atoms with Crippen molar-refractivity contribution in [2.24, 2.45) is 5.73 Å². The number of hydrogen-bond acceptors (Lipinski definition) is 4. The van der Waals surface area contributed by atoms with E-state index in [1.807, 2.05) is 18.3 Å². The molecule has 0 aliphatic carbocycles. The number of aromatic amines is 1. The van der Waals surface area contributed by atoms with Gasteiger partial charge in [0.15, 0.2) is 0 Å². The Kier molecular flexibility index (Phi) is 3.36. The minimum Gasteiger partial charge on any atom is -0.382 e. The van der Waals surface area contributed by atoms with Crippen molar-refractivity contribution < 1.29 is 9.90 Å². The number of H-pyrrole nitrogens is 1. The van der Waals surface area contributed by atoms with Gasteiger partial charge >= 0.3 is 0 Å². The van der Waals surface area contributed by atoms with E-state index in [0.717, 1.165) is 16.6 Å². The molecule has 0 bridgehead atoms. The summed E-state index contributed by atoms with van der Waals surface area (Å²) in [5.41, 5.74) is 6.79. The first-order chi connectivity index (χ1) is 8.18. The van der Waals surface area contributed by atoms with Gasteiger partial charge in [0.2, 0.25) is 5.91 Å². The molecule has 2 rings (SSSR count). The zero-order valence-corrected chi connectivity index (χ0v) is 9.18. The molecule has 1 atom stereocenters. The van der Waals surface area contributed by atoms with Gasteiger partial charge in [0.1, 0.15) is 11.8 Å². The molecule has 2 aromatic rings. The number of nitrogens with zero attached hydrogens (tertiary/aromatic N) is 1. The molecule has 90 valence electrons. The Labute approximate surface area is 97.8 Å². The van der Waals surface area contributed by atoms with Crippen LogP contribution in [0.4, 0.5) is 0 Å². The Morgan fingerprint density at radius 3 is 3.24 bits per heavy atom. The third kappa shape index (κ3) is 2.61. The minimum absolute atomic E-state index is 0.141. The molecular formula is C11H14N4O2. The van der Waals surface area contributed by atoms with Gasteiger partial charge in [-0.2, -0.15) is 0 Å². The lowest BCUT2D eigenvalue weighted by atomic mass is 10.2. The first-order valence-corrected chi connectivity index (χ1v) is 5.27. The summed E-state index contributed by atoms with van der Waals surface area (Å²) in [6, 6.07) is 3.82. The van der Waals surface area contributed by atoms with Crippen LogP contribution in [-0.2, 0) is 11.3 Å². The summed E-state index contributed by atoms with van der Waals surface area (Å²) in [5, 5.41) is 13.2. The number of pyridine rings is 1. The van der Waals surface area contributed by atoms with Gasteiger partial charge in [0.05, 0.1) is 0 Å². The van der Waals surface area contributed by atoms with Gasteiger partial charge in [-0.3, -0.25) is 4.79 Å². The lowest BCUT2D eigenvalue weighted by Gasteiger charge is -2.07. The van der Waals surface area contributed by atoms with Crippen molar-refractivity contribution >= 4 is 16.9 Å². The molecule has 0 aromatic carbocycles. The monoisotopic (exact) mass is 234 g/mol. The molecule has 0 aliphatic rings. The number of carbonyl (C=O) groups is 1. The number of nitrogens with one attached hydrogen (secondary N) is 2. The number of nitrogens with two attached hydrogens (primary N) is 1. The summed E-state index contributed by atoms with van der Waals surface area (Å²) < 4.78 is 0. The number of aromatic nitrogens is 2. The minimum atomic E-state index is -1.15. The largest absolute Gasteiger partial charge is 0.382 e. The van der Waals surface area contributed by atoms with Gasteiger partial charge in [-0.25, -0.2) is 4.98 Å². The van der Waals surface area contributed by atoms with Gasteiger partial charge in [-0.15, -0.1) is 0 Å². The van der Waals surface area contributed by atoms with Crippen LogP contribution in [0, 0.1) is 0 Å². The predicted molar refractivity (Wildman–Crippen MR) is 63.0 cm³/mol. The maximum atomic E-state index is 10.6. The summed E-state index contributed by atoms with van der Waals surface area (Å²) in [5.74, 6) is -0.724. The van der Waals surface area contributed by atoms with E-state index in [2.05, 4.69) is 15.3 Å². The van der Waals surface area contributed by atoms with Crippen molar-refractivity contribution in [1.29, 1.82) is 0 Å². The lowest BCUT2D eigenvalue weighted by molar-refractivity contribution is -0.125. The Hall–Kier alpha value is -1.92. The van der Waals surface area contributed by atoms with E-state index in [-0.39, 0.29) is 6.54 Å². The van der Waals surface area contributed by atoms with Crippen LogP contribution in [0.2, 0.25) is 0 Å². The highest BCUT2D eigenvalue weighted by Crippen LogP contribution is 2.14. The Balaban J connectivity index is 1.98. The molecule has 1 amide bonds. The normalized spacial score (nSPS) is 12.8. The highest BCUT2D eigenvalue weighted by molar-refractivity contribution is 5.79. The summed E-state index contributed by atoms with van der Waals surface area (Å²) in [4.78, 5) is 17.8. The van der Waals surface area contributed by atoms with Crippen LogP contribution in [0.3, 0.4) is 0 Å². The fourth-order valence-electron chi connectivity index (χ4n) is 1.60. The van der Waals surface area contributed by atoms with Crippen molar-refractivity contribution in [1.82, 2.24) is 15.3 Å². The number of fused-ring (bicyclic) bond motifs is 1. The van der Waals surface area contributed by atoms with Crippen LogP contribution >= 0.6 is 0 Å². The van der Waals surface area contributed by atoms with Gasteiger partial charge < -0.3 is 21.1 Å².